The molecule has 1 saturated heterocycles. The molecule has 20 heavy (non-hydrogen) atoms. The first-order valence-corrected chi connectivity index (χ1v) is 8.28. The lowest BCUT2D eigenvalue weighted by molar-refractivity contribution is -0.0440. The van der Waals surface area contributed by atoms with Crippen molar-refractivity contribution in [2.45, 2.75) is 51.0 Å². The van der Waals surface area contributed by atoms with Gasteiger partial charge in [0.15, 0.2) is 0 Å². The van der Waals surface area contributed by atoms with Gasteiger partial charge in [-0.05, 0) is 26.8 Å². The lowest BCUT2D eigenvalue weighted by Gasteiger charge is -2.34. The van der Waals surface area contributed by atoms with Gasteiger partial charge in [0.25, 0.3) is 0 Å². The second-order valence-corrected chi connectivity index (χ2v) is 7.13. The van der Waals surface area contributed by atoms with E-state index in [1.807, 2.05) is 20.8 Å². The lowest BCUT2D eigenvalue weighted by Crippen LogP contribution is -2.48. The third-order valence-electron chi connectivity index (χ3n) is 3.49. The van der Waals surface area contributed by atoms with Crippen LogP contribution in [-0.4, -0.2) is 47.7 Å². The van der Waals surface area contributed by atoms with Crippen LogP contribution in [0.3, 0.4) is 0 Å². The van der Waals surface area contributed by atoms with E-state index < -0.39 is 10.0 Å². The maximum Gasteiger partial charge on any atom is 0.244 e. The lowest BCUT2D eigenvalue weighted by atomic mass is 10.3. The quantitative estimate of drug-likeness (QED) is 0.893. The predicted molar refractivity (Wildman–Crippen MR) is 74.8 cm³/mol. The van der Waals surface area contributed by atoms with Crippen LogP contribution in [0, 0.1) is 0 Å². The minimum Gasteiger partial charge on any atom is -0.390 e. The molecule has 0 unspecified atom stereocenters. The van der Waals surface area contributed by atoms with Gasteiger partial charge < -0.3 is 14.4 Å². The number of sulfonamides is 1. The first-order valence-electron chi connectivity index (χ1n) is 6.84. The Labute approximate surface area is 120 Å². The highest BCUT2D eigenvalue weighted by molar-refractivity contribution is 7.89. The molecule has 1 N–H and O–H groups in total. The van der Waals surface area contributed by atoms with Crippen molar-refractivity contribution in [1.29, 1.82) is 0 Å². The third-order valence-corrected chi connectivity index (χ3v) is 5.28. The van der Waals surface area contributed by atoms with Crippen molar-refractivity contribution in [2.75, 3.05) is 13.1 Å². The number of aliphatic hydroxyl groups excluding tert-OH is 1. The second-order valence-electron chi connectivity index (χ2n) is 5.19. The summed E-state index contributed by atoms with van der Waals surface area (Å²) in [5, 5.41) is 9.27. The number of ether oxygens (including phenoxy) is 1. The first-order chi connectivity index (χ1) is 9.38. The molecule has 0 bridgehead atoms. The van der Waals surface area contributed by atoms with Crippen LogP contribution >= 0.6 is 0 Å². The van der Waals surface area contributed by atoms with Crippen molar-refractivity contribution in [2.24, 2.45) is 0 Å². The van der Waals surface area contributed by atoms with Crippen LogP contribution in [0.2, 0.25) is 0 Å². The molecular weight excluding hydrogens is 280 g/mol. The summed E-state index contributed by atoms with van der Waals surface area (Å²) < 4.78 is 34.1. The molecule has 0 saturated carbocycles. The van der Waals surface area contributed by atoms with Gasteiger partial charge in [0.1, 0.15) is 4.90 Å². The SMILES string of the molecule is CCn1cc(S(=O)(=O)N2C[C@@H](C)O[C@@H](C)C2)cc1CO. The van der Waals surface area contributed by atoms with Crippen LogP contribution in [0.15, 0.2) is 17.2 Å². The van der Waals surface area contributed by atoms with Crippen LogP contribution in [0.5, 0.6) is 0 Å². The number of rotatable bonds is 4. The average molecular weight is 302 g/mol. The molecule has 1 aromatic heterocycles. The smallest absolute Gasteiger partial charge is 0.244 e. The molecule has 1 aromatic rings. The second kappa shape index (κ2) is 5.85. The zero-order chi connectivity index (χ0) is 14.9. The number of hydrogen-bond acceptors (Lipinski definition) is 4. The van der Waals surface area contributed by atoms with Crippen LogP contribution in [0.1, 0.15) is 26.5 Å². The molecule has 1 aliphatic heterocycles. The number of hydrogen-bond donors (Lipinski definition) is 1. The Morgan fingerprint density at radius 3 is 2.40 bits per heavy atom. The molecule has 2 atom stereocenters. The van der Waals surface area contributed by atoms with Crippen molar-refractivity contribution in [3.8, 4) is 0 Å². The Morgan fingerprint density at radius 2 is 1.95 bits per heavy atom. The Kier molecular flexibility index (Phi) is 4.53. The van der Waals surface area contributed by atoms with Crippen LogP contribution in [-0.2, 0) is 27.9 Å². The summed E-state index contributed by atoms with van der Waals surface area (Å²) in [6, 6.07) is 1.55. The van der Waals surface area contributed by atoms with Gasteiger partial charge >= 0.3 is 0 Å². The highest BCUT2D eigenvalue weighted by Gasteiger charge is 2.33. The molecule has 0 spiro atoms. The van der Waals surface area contributed by atoms with Gasteiger partial charge in [-0.15, -0.1) is 0 Å². The monoisotopic (exact) mass is 302 g/mol. The van der Waals surface area contributed by atoms with E-state index in [-0.39, 0.29) is 23.7 Å². The van der Waals surface area contributed by atoms with Gasteiger partial charge in [0, 0.05) is 31.5 Å². The zero-order valence-electron chi connectivity index (χ0n) is 12.1. The molecule has 1 aliphatic rings. The first kappa shape index (κ1) is 15.5. The normalized spacial score (nSPS) is 25.0. The van der Waals surface area contributed by atoms with E-state index in [9.17, 15) is 13.5 Å². The highest BCUT2D eigenvalue weighted by atomic mass is 32.2. The van der Waals surface area contributed by atoms with E-state index in [4.69, 9.17) is 4.74 Å². The molecule has 7 heteroatoms. The number of aryl methyl sites for hydroxylation is 1. The van der Waals surface area contributed by atoms with Gasteiger partial charge in [-0.25, -0.2) is 8.42 Å². The largest absolute Gasteiger partial charge is 0.390 e. The Bertz CT molecular complexity index is 535. The molecule has 2 heterocycles. The molecular formula is C13H22N2O4S. The molecule has 114 valence electrons. The fourth-order valence-electron chi connectivity index (χ4n) is 2.57. The number of nitrogens with zero attached hydrogens (tertiary/aromatic N) is 2. The van der Waals surface area contributed by atoms with E-state index in [1.54, 1.807) is 16.8 Å². The zero-order valence-corrected chi connectivity index (χ0v) is 12.9. The summed E-state index contributed by atoms with van der Waals surface area (Å²) in [6.45, 7) is 6.83. The van der Waals surface area contributed by atoms with Gasteiger partial charge in [-0.2, -0.15) is 4.31 Å². The van der Waals surface area contributed by atoms with E-state index >= 15 is 0 Å². The number of aromatic nitrogens is 1. The van der Waals surface area contributed by atoms with E-state index in [1.165, 1.54) is 4.31 Å². The Hall–Kier alpha value is -0.890. The van der Waals surface area contributed by atoms with Crippen molar-refractivity contribution >= 4 is 10.0 Å². The summed E-state index contributed by atoms with van der Waals surface area (Å²) in [6.07, 6.45) is 1.37. The van der Waals surface area contributed by atoms with Crippen molar-refractivity contribution < 1.29 is 18.3 Å². The van der Waals surface area contributed by atoms with E-state index in [0.717, 1.165) is 0 Å². The third kappa shape index (κ3) is 2.90. The van der Waals surface area contributed by atoms with Crippen LogP contribution in [0.25, 0.3) is 0 Å². The standard InChI is InChI=1S/C13H22N2O4S/c1-4-14-8-13(5-12(14)9-16)20(17,18)15-6-10(2)19-11(3)7-15/h5,8,10-11,16H,4,6-7,9H2,1-3H3/t10-,11+. The minimum atomic E-state index is -3.53. The summed E-state index contributed by atoms with van der Waals surface area (Å²) in [5.74, 6) is 0. The van der Waals surface area contributed by atoms with Crippen molar-refractivity contribution in [3.05, 3.63) is 18.0 Å². The summed E-state index contributed by atoms with van der Waals surface area (Å²) in [4.78, 5) is 0.240. The molecule has 0 aromatic carbocycles. The minimum absolute atomic E-state index is 0.112. The highest BCUT2D eigenvalue weighted by Crippen LogP contribution is 2.23. The fraction of sp³-hybridized carbons (Fsp3) is 0.692. The van der Waals surface area contributed by atoms with Gasteiger partial charge in [0.05, 0.1) is 18.8 Å². The van der Waals surface area contributed by atoms with Crippen molar-refractivity contribution in [1.82, 2.24) is 8.87 Å². The molecule has 0 radical (unpaired) electrons. The maximum atomic E-state index is 12.7. The topological polar surface area (TPSA) is 71.8 Å². The van der Waals surface area contributed by atoms with Crippen LogP contribution in [0.4, 0.5) is 0 Å². The molecule has 0 amide bonds. The maximum absolute atomic E-state index is 12.7. The Morgan fingerprint density at radius 1 is 1.35 bits per heavy atom. The summed E-state index contributed by atoms with van der Waals surface area (Å²) in [5.41, 5.74) is 0.612. The molecule has 2 rings (SSSR count). The summed E-state index contributed by atoms with van der Waals surface area (Å²) in [7, 11) is -3.53. The van der Waals surface area contributed by atoms with E-state index in [0.29, 0.717) is 25.3 Å². The molecule has 1 fully saturated rings. The molecule has 0 aliphatic carbocycles. The fourth-order valence-corrected chi connectivity index (χ4v) is 4.22. The van der Waals surface area contributed by atoms with Crippen molar-refractivity contribution in [3.63, 3.8) is 0 Å². The van der Waals surface area contributed by atoms with Gasteiger partial charge in [-0.3, -0.25) is 0 Å². The van der Waals surface area contributed by atoms with Crippen LogP contribution < -0.4 is 0 Å². The predicted octanol–water partition coefficient (Wildman–Crippen LogP) is 0.798. The van der Waals surface area contributed by atoms with E-state index in [2.05, 4.69) is 0 Å². The number of morpholine rings is 1. The van der Waals surface area contributed by atoms with Gasteiger partial charge in [-0.1, -0.05) is 0 Å². The molecule has 6 nitrogen and oxygen atoms in total. The average Bonchev–Trinajstić information content (AvgIpc) is 2.81. The summed E-state index contributed by atoms with van der Waals surface area (Å²) >= 11 is 0. The Balaban J connectivity index is 2.32. The van der Waals surface area contributed by atoms with Gasteiger partial charge in [0.2, 0.25) is 10.0 Å². The number of aliphatic hydroxyl groups is 1.